The van der Waals surface area contributed by atoms with Crippen molar-refractivity contribution in [1.82, 2.24) is 5.32 Å². The van der Waals surface area contributed by atoms with E-state index in [2.05, 4.69) is 5.32 Å². The van der Waals surface area contributed by atoms with Crippen molar-refractivity contribution in [2.45, 2.75) is 19.4 Å². The number of thioether (sulfide) groups is 1. The summed E-state index contributed by atoms with van der Waals surface area (Å²) in [5.41, 5.74) is 0. The second-order valence-electron chi connectivity index (χ2n) is 2.63. The highest BCUT2D eigenvalue weighted by molar-refractivity contribution is 7.99. The molecule has 2 nitrogen and oxygen atoms in total. The summed E-state index contributed by atoms with van der Waals surface area (Å²) < 4.78 is 0. The van der Waals surface area contributed by atoms with Gasteiger partial charge in [-0.25, -0.2) is 0 Å². The largest absolute Gasteiger partial charge is 0.312 e. The lowest BCUT2D eigenvalue weighted by Crippen LogP contribution is -2.38. The van der Waals surface area contributed by atoms with Crippen LogP contribution in [0.3, 0.4) is 0 Å². The summed E-state index contributed by atoms with van der Waals surface area (Å²) in [6.45, 7) is 2.71. The van der Waals surface area contributed by atoms with Crippen LogP contribution in [0, 0.1) is 0 Å². The second-order valence-corrected chi connectivity index (χ2v) is 3.78. The summed E-state index contributed by atoms with van der Waals surface area (Å²) in [6.07, 6.45) is 0.701. The van der Waals surface area contributed by atoms with E-state index in [1.165, 1.54) is 5.75 Å². The molecule has 1 heterocycles. The lowest BCUT2D eigenvalue weighted by atomic mass is 10.2. The van der Waals surface area contributed by atoms with Gasteiger partial charge in [0, 0.05) is 30.5 Å². The Labute approximate surface area is 65.8 Å². The van der Waals surface area contributed by atoms with Crippen LogP contribution in [-0.4, -0.2) is 29.9 Å². The molecule has 0 aromatic carbocycles. The van der Waals surface area contributed by atoms with Crippen molar-refractivity contribution in [2.75, 3.05) is 18.1 Å². The third-order valence-electron chi connectivity index (χ3n) is 1.53. The first-order valence-corrected chi connectivity index (χ1v) is 4.75. The molecule has 3 heteroatoms. The zero-order valence-corrected chi connectivity index (χ0v) is 7.04. The number of hydrogen-bond donors (Lipinski definition) is 1. The number of nitrogens with one attached hydrogen (secondary N) is 1. The fraction of sp³-hybridized carbons (Fsp3) is 0.857. The SMILES string of the molecule is CC(=O)CC1CSCCN1. The molecule has 0 spiro atoms. The molecule has 58 valence electrons. The van der Waals surface area contributed by atoms with Gasteiger partial charge in [-0.15, -0.1) is 0 Å². The first-order chi connectivity index (χ1) is 4.79. The van der Waals surface area contributed by atoms with Crippen LogP contribution >= 0.6 is 11.8 Å². The van der Waals surface area contributed by atoms with Gasteiger partial charge in [0.05, 0.1) is 0 Å². The van der Waals surface area contributed by atoms with Gasteiger partial charge in [0.15, 0.2) is 0 Å². The minimum atomic E-state index is 0.292. The van der Waals surface area contributed by atoms with E-state index >= 15 is 0 Å². The molecule has 0 aromatic rings. The minimum absolute atomic E-state index is 0.292. The summed E-state index contributed by atoms with van der Waals surface area (Å²) >= 11 is 1.93. The topological polar surface area (TPSA) is 29.1 Å². The van der Waals surface area contributed by atoms with E-state index in [-0.39, 0.29) is 0 Å². The molecule has 1 N–H and O–H groups in total. The van der Waals surface area contributed by atoms with E-state index in [1.54, 1.807) is 6.92 Å². The van der Waals surface area contributed by atoms with E-state index in [1.807, 2.05) is 11.8 Å². The van der Waals surface area contributed by atoms with Gasteiger partial charge in [0.1, 0.15) is 5.78 Å². The third kappa shape index (κ3) is 2.71. The molecular formula is C7H13NOS. The van der Waals surface area contributed by atoms with Crippen LogP contribution in [0.15, 0.2) is 0 Å². The van der Waals surface area contributed by atoms with Crippen molar-refractivity contribution < 1.29 is 4.79 Å². The molecule has 1 rings (SSSR count). The van der Waals surface area contributed by atoms with E-state index in [0.29, 0.717) is 18.2 Å². The van der Waals surface area contributed by atoms with Crippen molar-refractivity contribution in [3.05, 3.63) is 0 Å². The maximum absolute atomic E-state index is 10.7. The third-order valence-corrected chi connectivity index (χ3v) is 2.66. The zero-order valence-electron chi connectivity index (χ0n) is 6.22. The first kappa shape index (κ1) is 8.08. The standard InChI is InChI=1S/C7H13NOS/c1-6(9)4-7-5-10-3-2-8-7/h7-8H,2-5H2,1H3. The van der Waals surface area contributed by atoms with Crippen molar-refractivity contribution in [2.24, 2.45) is 0 Å². The molecule has 1 fully saturated rings. The monoisotopic (exact) mass is 159 g/mol. The van der Waals surface area contributed by atoms with Crippen molar-refractivity contribution >= 4 is 17.5 Å². The fourth-order valence-corrected chi connectivity index (χ4v) is 2.05. The average molecular weight is 159 g/mol. The maximum atomic E-state index is 10.7. The summed E-state index contributed by atoms with van der Waals surface area (Å²) in [6, 6.07) is 0.441. The number of rotatable bonds is 2. The lowest BCUT2D eigenvalue weighted by molar-refractivity contribution is -0.117. The number of ketones is 1. The number of carbonyl (C=O) groups excluding carboxylic acids is 1. The van der Waals surface area contributed by atoms with Gasteiger partial charge in [-0.2, -0.15) is 11.8 Å². The van der Waals surface area contributed by atoms with Crippen molar-refractivity contribution in [1.29, 1.82) is 0 Å². The Morgan fingerprint density at radius 1 is 1.80 bits per heavy atom. The van der Waals surface area contributed by atoms with Gasteiger partial charge in [0.25, 0.3) is 0 Å². The zero-order chi connectivity index (χ0) is 7.40. The maximum Gasteiger partial charge on any atom is 0.131 e. The highest BCUT2D eigenvalue weighted by atomic mass is 32.2. The summed E-state index contributed by atoms with van der Waals surface area (Å²) in [5, 5.41) is 3.31. The molecule has 1 atom stereocenters. The van der Waals surface area contributed by atoms with Gasteiger partial charge in [-0.05, 0) is 6.92 Å². The summed E-state index contributed by atoms with van der Waals surface area (Å²) in [4.78, 5) is 10.7. The van der Waals surface area contributed by atoms with Crippen molar-refractivity contribution in [3.63, 3.8) is 0 Å². The predicted octanol–water partition coefficient (Wildman–Crippen LogP) is 0.670. The van der Waals surface area contributed by atoms with Crippen LogP contribution in [-0.2, 0) is 4.79 Å². The summed E-state index contributed by atoms with van der Waals surface area (Å²) in [5.74, 6) is 2.58. The van der Waals surface area contributed by atoms with E-state index in [9.17, 15) is 4.79 Å². The highest BCUT2D eigenvalue weighted by Crippen LogP contribution is 2.09. The Kier molecular flexibility index (Phi) is 3.22. The molecule has 10 heavy (non-hydrogen) atoms. The lowest BCUT2D eigenvalue weighted by Gasteiger charge is -2.21. The van der Waals surface area contributed by atoms with E-state index in [0.717, 1.165) is 12.3 Å². The molecule has 1 saturated heterocycles. The van der Waals surface area contributed by atoms with E-state index in [4.69, 9.17) is 0 Å². The molecule has 0 aliphatic carbocycles. The molecule has 0 bridgehead atoms. The molecule has 1 unspecified atom stereocenters. The van der Waals surface area contributed by atoms with Gasteiger partial charge in [-0.3, -0.25) is 4.79 Å². The molecule has 1 aliphatic heterocycles. The Morgan fingerprint density at radius 3 is 3.10 bits per heavy atom. The second kappa shape index (κ2) is 3.98. The fourth-order valence-electron chi connectivity index (χ4n) is 1.10. The molecule has 0 aromatic heterocycles. The Morgan fingerprint density at radius 2 is 2.60 bits per heavy atom. The van der Waals surface area contributed by atoms with E-state index < -0.39 is 0 Å². The van der Waals surface area contributed by atoms with Gasteiger partial charge < -0.3 is 5.32 Å². The van der Waals surface area contributed by atoms with Crippen LogP contribution in [0.5, 0.6) is 0 Å². The Balaban J connectivity index is 2.19. The number of Topliss-reactive ketones (excluding diaryl/α,β-unsaturated/α-hetero) is 1. The van der Waals surface area contributed by atoms with Crippen LogP contribution in [0.2, 0.25) is 0 Å². The van der Waals surface area contributed by atoms with Crippen LogP contribution in [0.25, 0.3) is 0 Å². The smallest absolute Gasteiger partial charge is 0.131 e. The normalized spacial score (nSPS) is 26.3. The van der Waals surface area contributed by atoms with Gasteiger partial charge >= 0.3 is 0 Å². The van der Waals surface area contributed by atoms with Gasteiger partial charge in [-0.1, -0.05) is 0 Å². The van der Waals surface area contributed by atoms with Gasteiger partial charge in [0.2, 0.25) is 0 Å². The highest BCUT2D eigenvalue weighted by Gasteiger charge is 2.13. The molecular weight excluding hydrogens is 146 g/mol. The van der Waals surface area contributed by atoms with Crippen LogP contribution in [0.4, 0.5) is 0 Å². The molecule has 0 amide bonds. The van der Waals surface area contributed by atoms with Crippen molar-refractivity contribution in [3.8, 4) is 0 Å². The Bertz CT molecular complexity index is 121. The minimum Gasteiger partial charge on any atom is -0.312 e. The average Bonchev–Trinajstić information content (AvgIpc) is 1.88. The Hall–Kier alpha value is -0.0200. The number of carbonyl (C=O) groups is 1. The number of hydrogen-bond acceptors (Lipinski definition) is 3. The predicted molar refractivity (Wildman–Crippen MR) is 44.4 cm³/mol. The quantitative estimate of drug-likeness (QED) is 0.642. The summed E-state index contributed by atoms with van der Waals surface area (Å²) in [7, 11) is 0. The van der Waals surface area contributed by atoms with Crippen LogP contribution in [0.1, 0.15) is 13.3 Å². The molecule has 0 saturated carbocycles. The first-order valence-electron chi connectivity index (χ1n) is 3.59. The molecule has 1 aliphatic rings. The molecule has 0 radical (unpaired) electrons. The van der Waals surface area contributed by atoms with Crippen LogP contribution < -0.4 is 5.32 Å².